The van der Waals surface area contributed by atoms with Gasteiger partial charge in [0.1, 0.15) is 10.7 Å². The molecule has 2 heterocycles. The zero-order valence-electron chi connectivity index (χ0n) is 6.74. The van der Waals surface area contributed by atoms with Crippen molar-refractivity contribution in [3.8, 4) is 0 Å². The average molecular weight is 183 g/mol. The fraction of sp³-hybridized carbons (Fsp3) is 0.286. The second kappa shape index (κ2) is 2.42. The van der Waals surface area contributed by atoms with Gasteiger partial charge in [0.25, 0.3) is 0 Å². The summed E-state index contributed by atoms with van der Waals surface area (Å²) in [5, 5.41) is 8.27. The second-order valence-electron chi connectivity index (χ2n) is 2.65. The summed E-state index contributed by atoms with van der Waals surface area (Å²) in [5.74, 6) is 0. The predicted molar refractivity (Wildman–Crippen MR) is 46.1 cm³/mol. The molecule has 12 heavy (non-hydrogen) atoms. The molecule has 2 aromatic rings. The lowest BCUT2D eigenvalue weighted by atomic mass is 10.3. The molecule has 0 aromatic carbocycles. The van der Waals surface area contributed by atoms with Gasteiger partial charge in [-0.3, -0.25) is 0 Å². The molecule has 2 aromatic heterocycles. The molecule has 0 aliphatic carbocycles. The van der Waals surface area contributed by atoms with Crippen molar-refractivity contribution in [3.63, 3.8) is 0 Å². The van der Waals surface area contributed by atoms with Gasteiger partial charge in [0, 0.05) is 7.05 Å². The lowest BCUT2D eigenvalue weighted by Crippen LogP contribution is -1.92. The van der Waals surface area contributed by atoms with E-state index in [9.17, 15) is 0 Å². The van der Waals surface area contributed by atoms with Crippen LogP contribution in [0.3, 0.4) is 0 Å². The van der Waals surface area contributed by atoms with Gasteiger partial charge in [0.15, 0.2) is 5.65 Å². The highest BCUT2D eigenvalue weighted by Gasteiger charge is 2.06. The quantitative estimate of drug-likeness (QED) is 0.578. The van der Waals surface area contributed by atoms with Crippen molar-refractivity contribution in [1.29, 1.82) is 0 Å². The summed E-state index contributed by atoms with van der Waals surface area (Å²) in [6.45, 7) is 1.94. The lowest BCUT2D eigenvalue weighted by molar-refractivity contribution is 0.730. The largest absolute Gasteiger partial charge is 0.230 e. The Morgan fingerprint density at radius 1 is 1.50 bits per heavy atom. The van der Waals surface area contributed by atoms with Crippen LogP contribution in [0.2, 0.25) is 5.15 Å². The van der Waals surface area contributed by atoms with E-state index in [1.54, 1.807) is 17.8 Å². The zero-order valence-corrected chi connectivity index (χ0v) is 7.50. The molecule has 0 fully saturated rings. The van der Waals surface area contributed by atoms with Crippen LogP contribution in [0.5, 0.6) is 0 Å². The molecule has 5 heteroatoms. The second-order valence-corrected chi connectivity index (χ2v) is 3.03. The minimum Gasteiger partial charge on any atom is -0.230 e. The number of hydrogen-bond acceptors (Lipinski definition) is 3. The summed E-state index contributed by atoms with van der Waals surface area (Å²) in [7, 11) is 1.79. The van der Waals surface area contributed by atoms with Gasteiger partial charge in [0.2, 0.25) is 0 Å². The molecule has 0 N–H and O–H groups in total. The smallest absolute Gasteiger partial charge is 0.179 e. The summed E-state index contributed by atoms with van der Waals surface area (Å²) in [6.07, 6.45) is 0. The van der Waals surface area contributed by atoms with Gasteiger partial charge < -0.3 is 0 Å². The first-order valence-corrected chi connectivity index (χ1v) is 3.89. The van der Waals surface area contributed by atoms with Crippen molar-refractivity contribution in [2.75, 3.05) is 0 Å². The van der Waals surface area contributed by atoms with Gasteiger partial charge in [-0.05, 0) is 18.6 Å². The standard InChI is InChI=1S/C7H7ClN4/c1-4-3-5(8)9-7-6(4)10-11-12(7)2/h3H,1-2H3. The minimum absolute atomic E-state index is 0.477. The Morgan fingerprint density at radius 2 is 2.25 bits per heavy atom. The van der Waals surface area contributed by atoms with E-state index in [0.29, 0.717) is 5.15 Å². The third kappa shape index (κ3) is 0.956. The molecule has 0 amide bonds. The molecule has 0 spiro atoms. The van der Waals surface area contributed by atoms with Crippen molar-refractivity contribution in [2.24, 2.45) is 7.05 Å². The molecule has 0 atom stereocenters. The molecule has 0 unspecified atom stereocenters. The monoisotopic (exact) mass is 182 g/mol. The first kappa shape index (κ1) is 7.49. The Hall–Kier alpha value is -1.16. The maximum Gasteiger partial charge on any atom is 0.179 e. The molecule has 0 bridgehead atoms. The maximum atomic E-state index is 5.77. The fourth-order valence-corrected chi connectivity index (χ4v) is 1.36. The molecule has 62 valence electrons. The summed E-state index contributed by atoms with van der Waals surface area (Å²) < 4.78 is 1.61. The number of rotatable bonds is 0. The van der Waals surface area contributed by atoms with Crippen molar-refractivity contribution in [2.45, 2.75) is 6.92 Å². The van der Waals surface area contributed by atoms with Crippen LogP contribution in [0.4, 0.5) is 0 Å². The molecular weight excluding hydrogens is 176 g/mol. The Labute approximate surface area is 74.2 Å². The van der Waals surface area contributed by atoms with E-state index in [0.717, 1.165) is 16.7 Å². The first-order chi connectivity index (χ1) is 5.68. The molecular formula is C7H7ClN4. The summed E-state index contributed by atoms with van der Waals surface area (Å²) in [6, 6.07) is 1.78. The molecule has 0 saturated carbocycles. The fourth-order valence-electron chi connectivity index (χ4n) is 1.11. The van der Waals surface area contributed by atoms with Crippen LogP contribution in [0.25, 0.3) is 11.2 Å². The minimum atomic E-state index is 0.477. The van der Waals surface area contributed by atoms with Gasteiger partial charge in [-0.1, -0.05) is 16.8 Å². The molecule has 0 saturated heterocycles. The van der Waals surface area contributed by atoms with Crippen molar-refractivity contribution in [1.82, 2.24) is 20.0 Å². The van der Waals surface area contributed by atoms with Gasteiger partial charge in [0.05, 0.1) is 0 Å². The van der Waals surface area contributed by atoms with E-state index < -0.39 is 0 Å². The molecule has 4 nitrogen and oxygen atoms in total. The van der Waals surface area contributed by atoms with Crippen LogP contribution in [-0.2, 0) is 7.05 Å². The van der Waals surface area contributed by atoms with Gasteiger partial charge >= 0.3 is 0 Å². The highest BCUT2D eigenvalue weighted by molar-refractivity contribution is 6.29. The van der Waals surface area contributed by atoms with Crippen LogP contribution < -0.4 is 0 Å². The van der Waals surface area contributed by atoms with E-state index in [4.69, 9.17) is 11.6 Å². The highest BCUT2D eigenvalue weighted by Crippen LogP contribution is 2.16. The average Bonchev–Trinajstić information content (AvgIpc) is 2.33. The lowest BCUT2D eigenvalue weighted by Gasteiger charge is -1.95. The Balaban J connectivity index is 2.92. The van der Waals surface area contributed by atoms with Crippen LogP contribution >= 0.6 is 11.6 Å². The van der Waals surface area contributed by atoms with Crippen LogP contribution in [0.1, 0.15) is 5.56 Å². The molecule has 2 rings (SSSR count). The number of hydrogen-bond donors (Lipinski definition) is 0. The van der Waals surface area contributed by atoms with E-state index in [1.165, 1.54) is 0 Å². The van der Waals surface area contributed by atoms with Gasteiger partial charge in [-0.25, -0.2) is 9.67 Å². The van der Waals surface area contributed by atoms with Crippen molar-refractivity contribution in [3.05, 3.63) is 16.8 Å². The maximum absolute atomic E-state index is 5.77. The van der Waals surface area contributed by atoms with Crippen LogP contribution in [0, 0.1) is 6.92 Å². The van der Waals surface area contributed by atoms with Crippen LogP contribution in [-0.4, -0.2) is 20.0 Å². The van der Waals surface area contributed by atoms with Crippen LogP contribution in [0.15, 0.2) is 6.07 Å². The Kier molecular flexibility index (Phi) is 1.51. The third-order valence-electron chi connectivity index (χ3n) is 1.72. The number of halogens is 1. The first-order valence-electron chi connectivity index (χ1n) is 3.51. The zero-order chi connectivity index (χ0) is 8.72. The Morgan fingerprint density at radius 3 is 3.00 bits per heavy atom. The van der Waals surface area contributed by atoms with Crippen molar-refractivity contribution < 1.29 is 0 Å². The third-order valence-corrected chi connectivity index (χ3v) is 1.91. The van der Waals surface area contributed by atoms with E-state index >= 15 is 0 Å². The number of pyridine rings is 1. The van der Waals surface area contributed by atoms with E-state index in [1.807, 2.05) is 6.92 Å². The van der Waals surface area contributed by atoms with Gasteiger partial charge in [-0.15, -0.1) is 5.10 Å². The summed E-state index contributed by atoms with van der Waals surface area (Å²) in [4.78, 5) is 4.10. The predicted octanol–water partition coefficient (Wildman–Crippen LogP) is 1.33. The SMILES string of the molecule is Cc1cc(Cl)nc2c1nnn2C. The number of fused-ring (bicyclic) bond motifs is 1. The van der Waals surface area contributed by atoms with E-state index in [-0.39, 0.29) is 0 Å². The Bertz CT molecular complexity index is 434. The highest BCUT2D eigenvalue weighted by atomic mass is 35.5. The molecule has 0 aliphatic rings. The number of aryl methyl sites for hydroxylation is 2. The number of nitrogens with zero attached hydrogens (tertiary/aromatic N) is 4. The molecule has 0 aliphatic heterocycles. The van der Waals surface area contributed by atoms with Gasteiger partial charge in [-0.2, -0.15) is 0 Å². The topological polar surface area (TPSA) is 43.6 Å². The summed E-state index contributed by atoms with van der Waals surface area (Å²) in [5.41, 5.74) is 2.53. The molecule has 0 radical (unpaired) electrons. The summed E-state index contributed by atoms with van der Waals surface area (Å²) >= 11 is 5.77. The van der Waals surface area contributed by atoms with Crippen molar-refractivity contribution >= 4 is 22.8 Å². The number of aromatic nitrogens is 4. The van der Waals surface area contributed by atoms with E-state index in [2.05, 4.69) is 15.3 Å². The normalized spacial score (nSPS) is 10.9.